The van der Waals surface area contributed by atoms with Gasteiger partial charge >= 0.3 is 30.0 Å². The van der Waals surface area contributed by atoms with Crippen LogP contribution >= 0.6 is 11.5 Å². The van der Waals surface area contributed by atoms with Crippen LogP contribution in [0.1, 0.15) is 69.3 Å². The summed E-state index contributed by atoms with van der Waals surface area (Å²) in [6.07, 6.45) is -3.56. The second-order valence-electron chi connectivity index (χ2n) is 11.3. The van der Waals surface area contributed by atoms with E-state index in [9.17, 15) is 29.1 Å². The van der Waals surface area contributed by atoms with Crippen LogP contribution < -0.4 is 14.8 Å². The number of carboxylic acid groups (broad SMARTS) is 1. The smallest absolute Gasteiger partial charge is 0.414 e. The molecule has 1 atom stereocenters. The van der Waals surface area contributed by atoms with E-state index in [1.807, 2.05) is 0 Å². The van der Waals surface area contributed by atoms with Crippen LogP contribution in [0.2, 0.25) is 0 Å². The van der Waals surface area contributed by atoms with Gasteiger partial charge in [-0.1, -0.05) is 71.9 Å². The molecule has 1 aromatic heterocycles. The fraction of sp³-hybridized carbons (Fsp3) is 0.235. The number of nitrogens with zero attached hydrogens (tertiary/aromatic N) is 3. The van der Waals surface area contributed by atoms with Gasteiger partial charge in [0, 0.05) is 30.9 Å². The second kappa shape index (κ2) is 16.3. The number of benzene rings is 3. The minimum atomic E-state index is -1.78. The number of carbonyl (C=O) groups is 5. The fourth-order valence-electron chi connectivity index (χ4n) is 4.21. The SMILES string of the molecule is CC(=O)Oc1ccc(C(O/N=C(\C(=O)O)c2nsc(NC(=O)OC(C)(C)C)n2)C(=O)OC(c2ccccc2)c2ccccc2)cc1OC(C)=O. The summed E-state index contributed by atoms with van der Waals surface area (Å²) in [4.78, 5) is 71.6. The molecule has 0 radical (unpaired) electrons. The van der Waals surface area contributed by atoms with E-state index in [0.717, 1.165) is 13.8 Å². The van der Waals surface area contributed by atoms with Crippen molar-refractivity contribution >= 4 is 52.3 Å². The van der Waals surface area contributed by atoms with Crippen molar-refractivity contribution in [2.75, 3.05) is 5.32 Å². The van der Waals surface area contributed by atoms with E-state index >= 15 is 0 Å². The Labute approximate surface area is 290 Å². The third-order valence-electron chi connectivity index (χ3n) is 6.13. The van der Waals surface area contributed by atoms with Gasteiger partial charge in [-0.3, -0.25) is 14.9 Å². The highest BCUT2D eigenvalue weighted by atomic mass is 32.1. The Kier molecular flexibility index (Phi) is 12.0. The van der Waals surface area contributed by atoms with E-state index in [4.69, 9.17) is 23.8 Å². The van der Waals surface area contributed by atoms with Gasteiger partial charge in [-0.25, -0.2) is 14.4 Å². The topological polar surface area (TPSA) is 202 Å². The predicted octanol–water partition coefficient (Wildman–Crippen LogP) is 5.62. The standard InChI is InChI=1S/C34H32N4O11S/c1-19(39)45-24-17-16-23(18-25(24)46-20(2)40)28(31(43)47-27(21-12-8-6-9-13-21)22-14-10-7-11-15-22)49-37-26(30(41)42)29-35-32(50-38-29)36-33(44)48-34(3,4)5/h6-18,27-28H,1-5H3,(H,41,42)(H,35,36,38,44)/b37-26-. The molecule has 4 aromatic rings. The number of nitrogens with one attached hydrogen (secondary N) is 1. The maximum atomic E-state index is 14.0. The van der Waals surface area contributed by atoms with Crippen LogP contribution in [0.15, 0.2) is 84.0 Å². The van der Waals surface area contributed by atoms with Gasteiger partial charge in [-0.05, 0) is 44.0 Å². The van der Waals surface area contributed by atoms with Crippen LogP contribution in [-0.4, -0.2) is 55.7 Å². The number of amides is 1. The zero-order chi connectivity index (χ0) is 36.4. The largest absolute Gasteiger partial charge is 0.476 e. The zero-order valence-corrected chi connectivity index (χ0v) is 28.3. The van der Waals surface area contributed by atoms with Gasteiger partial charge in [0.05, 0.1) is 0 Å². The van der Waals surface area contributed by atoms with Crippen molar-refractivity contribution in [3.05, 3.63) is 101 Å². The maximum Gasteiger partial charge on any atom is 0.414 e. The summed E-state index contributed by atoms with van der Waals surface area (Å²) in [6, 6.07) is 21.4. The van der Waals surface area contributed by atoms with Crippen LogP contribution in [0.4, 0.5) is 9.93 Å². The van der Waals surface area contributed by atoms with Crippen molar-refractivity contribution in [3.63, 3.8) is 0 Å². The molecule has 0 aliphatic rings. The minimum absolute atomic E-state index is 0.0194. The number of rotatable bonds is 12. The first-order chi connectivity index (χ1) is 23.7. The van der Waals surface area contributed by atoms with Crippen LogP contribution in [0, 0.1) is 0 Å². The molecule has 2 N–H and O–H groups in total. The lowest BCUT2D eigenvalue weighted by molar-refractivity contribution is -0.162. The van der Waals surface area contributed by atoms with Crippen LogP contribution in [-0.2, 0) is 33.5 Å². The molecule has 0 fully saturated rings. The molecule has 0 bridgehead atoms. The average molecular weight is 705 g/mol. The molecular formula is C34H32N4O11S. The lowest BCUT2D eigenvalue weighted by Crippen LogP contribution is -2.27. The van der Waals surface area contributed by atoms with Crippen molar-refractivity contribution in [1.82, 2.24) is 9.36 Å². The summed E-state index contributed by atoms with van der Waals surface area (Å²) in [7, 11) is 0. The van der Waals surface area contributed by atoms with E-state index in [1.54, 1.807) is 81.4 Å². The minimum Gasteiger partial charge on any atom is -0.476 e. The third-order valence-corrected chi connectivity index (χ3v) is 6.76. The number of aromatic nitrogens is 2. The molecule has 3 aromatic carbocycles. The number of carbonyl (C=O) groups excluding carboxylic acids is 4. The molecule has 0 spiro atoms. The molecule has 1 heterocycles. The van der Waals surface area contributed by atoms with E-state index in [1.165, 1.54) is 18.2 Å². The van der Waals surface area contributed by atoms with Gasteiger partial charge in [0.2, 0.25) is 22.8 Å². The number of aliphatic carboxylic acids is 1. The fourth-order valence-corrected chi connectivity index (χ4v) is 4.76. The Morgan fingerprint density at radius 3 is 1.94 bits per heavy atom. The van der Waals surface area contributed by atoms with Crippen molar-refractivity contribution in [2.45, 2.75) is 52.4 Å². The second-order valence-corrected chi connectivity index (χ2v) is 12.1. The molecule has 50 heavy (non-hydrogen) atoms. The number of hydrogen-bond donors (Lipinski definition) is 2. The monoisotopic (exact) mass is 704 g/mol. The lowest BCUT2D eigenvalue weighted by atomic mass is 10.0. The van der Waals surface area contributed by atoms with Crippen molar-refractivity contribution < 1.29 is 52.9 Å². The van der Waals surface area contributed by atoms with Gasteiger partial charge < -0.3 is 28.9 Å². The van der Waals surface area contributed by atoms with Crippen LogP contribution in [0.25, 0.3) is 0 Å². The Balaban J connectivity index is 1.74. The van der Waals surface area contributed by atoms with Gasteiger partial charge in [-0.2, -0.15) is 9.36 Å². The summed E-state index contributed by atoms with van der Waals surface area (Å²) in [5, 5.41) is 16.0. The molecule has 0 aliphatic carbocycles. The highest BCUT2D eigenvalue weighted by Crippen LogP contribution is 2.35. The molecule has 0 aliphatic heterocycles. The molecule has 260 valence electrons. The number of carboxylic acids is 1. The molecule has 1 amide bonds. The Morgan fingerprint density at radius 2 is 1.40 bits per heavy atom. The summed E-state index contributed by atoms with van der Waals surface area (Å²) in [5.74, 6) is -4.95. The summed E-state index contributed by atoms with van der Waals surface area (Å²) < 4.78 is 25.4. The first-order valence-electron chi connectivity index (χ1n) is 14.8. The Morgan fingerprint density at radius 1 is 0.820 bits per heavy atom. The van der Waals surface area contributed by atoms with E-state index in [0.29, 0.717) is 22.7 Å². The first-order valence-corrected chi connectivity index (χ1v) is 15.6. The molecule has 0 saturated carbocycles. The van der Waals surface area contributed by atoms with Crippen molar-refractivity contribution in [1.29, 1.82) is 0 Å². The highest BCUT2D eigenvalue weighted by Gasteiger charge is 2.32. The van der Waals surface area contributed by atoms with E-state index in [2.05, 4.69) is 19.8 Å². The van der Waals surface area contributed by atoms with Crippen molar-refractivity contribution in [2.24, 2.45) is 5.16 Å². The van der Waals surface area contributed by atoms with E-state index in [-0.39, 0.29) is 22.2 Å². The summed E-state index contributed by atoms with van der Waals surface area (Å²) in [5.41, 5.74) is -0.426. The number of ether oxygens (including phenoxy) is 4. The van der Waals surface area contributed by atoms with Gasteiger partial charge in [0.25, 0.3) is 0 Å². The Bertz CT molecular complexity index is 1850. The average Bonchev–Trinajstić information content (AvgIpc) is 3.49. The zero-order valence-electron chi connectivity index (χ0n) is 27.4. The lowest BCUT2D eigenvalue weighted by Gasteiger charge is -2.22. The normalized spacial score (nSPS) is 12.0. The number of esters is 3. The molecule has 15 nitrogen and oxygen atoms in total. The molecule has 0 saturated heterocycles. The van der Waals surface area contributed by atoms with Crippen LogP contribution in [0.5, 0.6) is 11.5 Å². The number of anilines is 1. The van der Waals surface area contributed by atoms with Crippen molar-refractivity contribution in [3.8, 4) is 11.5 Å². The van der Waals surface area contributed by atoms with E-state index < -0.39 is 59.3 Å². The summed E-state index contributed by atoms with van der Waals surface area (Å²) >= 11 is 0.650. The molecule has 4 rings (SSSR count). The predicted molar refractivity (Wildman–Crippen MR) is 178 cm³/mol. The van der Waals surface area contributed by atoms with Gasteiger partial charge in [0.15, 0.2) is 17.6 Å². The molecule has 1 unspecified atom stereocenters. The van der Waals surface area contributed by atoms with Gasteiger partial charge in [0.1, 0.15) is 5.60 Å². The number of hydrogen-bond acceptors (Lipinski definition) is 14. The Hall–Kier alpha value is -6.16. The van der Waals surface area contributed by atoms with Gasteiger partial charge in [-0.15, -0.1) is 0 Å². The molecule has 16 heteroatoms. The first kappa shape index (κ1) is 36.7. The maximum absolute atomic E-state index is 14.0. The molecular weight excluding hydrogens is 672 g/mol. The third kappa shape index (κ3) is 10.4. The van der Waals surface area contributed by atoms with Crippen LogP contribution in [0.3, 0.4) is 0 Å². The highest BCUT2D eigenvalue weighted by molar-refractivity contribution is 7.10. The number of oxime groups is 1. The summed E-state index contributed by atoms with van der Waals surface area (Å²) in [6.45, 7) is 7.24. The quantitative estimate of drug-likeness (QED) is 0.0798.